The van der Waals surface area contributed by atoms with E-state index in [2.05, 4.69) is 223 Å². The van der Waals surface area contributed by atoms with E-state index in [1.54, 1.807) is 0 Å². The number of aromatic nitrogens is 8. The van der Waals surface area contributed by atoms with Crippen LogP contribution in [-0.4, -0.2) is 97.9 Å². The number of para-hydroxylation sites is 8. The van der Waals surface area contributed by atoms with Crippen LogP contribution < -0.4 is 0 Å². The van der Waals surface area contributed by atoms with Gasteiger partial charge in [0.2, 0.25) is 0 Å². The van der Waals surface area contributed by atoms with Crippen molar-refractivity contribution >= 4 is 133 Å². The topological polar surface area (TPSA) is 283 Å². The van der Waals surface area contributed by atoms with E-state index in [4.69, 9.17) is 5.11 Å². The lowest BCUT2D eigenvalue weighted by Gasteiger charge is -1.99. The van der Waals surface area contributed by atoms with Crippen molar-refractivity contribution in [3.05, 3.63) is 288 Å². The third-order valence-electron chi connectivity index (χ3n) is 23.8. The van der Waals surface area contributed by atoms with Gasteiger partial charge in [0.05, 0.1) is 0 Å². The van der Waals surface area contributed by atoms with E-state index in [9.17, 15) is 38.4 Å². The largest absolute Gasteiger partial charge is 0.396 e. The minimum absolute atomic E-state index is 0.0358. The van der Waals surface area contributed by atoms with Gasteiger partial charge in [-0.2, -0.15) is 0 Å². The lowest BCUT2D eigenvalue weighted by molar-refractivity contribution is -0.120. The van der Waals surface area contributed by atoms with Crippen molar-refractivity contribution in [3.63, 3.8) is 0 Å². The molecule has 8 aromatic heterocycles. The number of Topliss-reactive ketones (excluding diaryl/α,β-unsaturated/α-hetero) is 8. The number of rotatable bonds is 41. The summed E-state index contributed by atoms with van der Waals surface area (Å²) in [5, 5.41) is 18.9. The smallest absolute Gasteiger partial charge is 0.135 e. The number of H-pyrrole nitrogens is 8. The Morgan fingerprint density at radius 3 is 0.434 bits per heavy atom. The molecule has 0 fully saturated rings. The fourth-order valence-electron chi connectivity index (χ4n) is 16.0. The number of aliphatic hydroxyl groups excluding tert-OH is 1. The summed E-state index contributed by atoms with van der Waals surface area (Å²) in [6.07, 6.45) is 42.1. The number of ketones is 8. The number of aliphatic hydroxyl groups is 1. The highest BCUT2D eigenvalue weighted by molar-refractivity contribution is 5.90. The number of benzene rings is 8. The van der Waals surface area contributed by atoms with Crippen molar-refractivity contribution in [1.82, 2.24) is 39.9 Å². The van der Waals surface area contributed by atoms with Crippen molar-refractivity contribution in [2.45, 2.75) is 254 Å². The maximum atomic E-state index is 11.3. The summed E-state index contributed by atoms with van der Waals surface area (Å²) in [4.78, 5) is 116. The Morgan fingerprint density at radius 1 is 0.186 bits per heavy atom. The van der Waals surface area contributed by atoms with E-state index in [0.717, 1.165) is 108 Å². The first-order valence-corrected chi connectivity index (χ1v) is 47.1. The molecule has 0 unspecified atom stereocenters. The predicted octanol–water partition coefficient (Wildman–Crippen LogP) is 26.7. The maximum Gasteiger partial charge on any atom is 0.135 e. The number of nitrogens with one attached hydrogen (secondary N) is 8. The average Bonchev–Trinajstić information content (AvgIpc) is 1.76. The van der Waals surface area contributed by atoms with Crippen molar-refractivity contribution in [1.29, 1.82) is 0 Å². The first-order chi connectivity index (χ1) is 63.0. The summed E-state index contributed by atoms with van der Waals surface area (Å²) in [5.74, 6) is 2.67. The molecule has 17 heteroatoms. The molecule has 16 rings (SSSR count). The molecule has 0 radical (unpaired) electrons. The van der Waals surface area contributed by atoms with Gasteiger partial charge in [-0.3, -0.25) is 38.4 Å². The molecule has 16 aromatic rings. The number of carbonyl (C=O) groups excluding carboxylic acids is 8. The van der Waals surface area contributed by atoms with E-state index in [0.29, 0.717) is 137 Å². The highest BCUT2D eigenvalue weighted by Crippen LogP contribution is 2.28. The molecule has 0 aliphatic carbocycles. The molecule has 0 amide bonds. The molecule has 8 heterocycles. The molecule has 17 nitrogen and oxygen atoms in total. The van der Waals surface area contributed by atoms with Crippen LogP contribution in [-0.2, 0) is 89.7 Å². The second-order valence-electron chi connectivity index (χ2n) is 33.0. The Kier molecular flexibility index (Phi) is 43.4. The number of aromatic amines is 8. The van der Waals surface area contributed by atoms with Gasteiger partial charge in [0.1, 0.15) is 46.3 Å². The molecule has 0 atom stereocenters. The summed E-state index contributed by atoms with van der Waals surface area (Å²) >= 11 is 0. The van der Waals surface area contributed by atoms with Crippen LogP contribution in [0.5, 0.6) is 0 Å². The molecule has 0 bridgehead atoms. The second-order valence-corrected chi connectivity index (χ2v) is 33.0. The lowest BCUT2D eigenvalue weighted by atomic mass is 10.0. The van der Waals surface area contributed by atoms with Gasteiger partial charge in [0, 0.05) is 246 Å². The minimum Gasteiger partial charge on any atom is -0.396 e. The monoisotopic (exact) mass is 1740 g/mol. The number of aryl methyl sites for hydroxylation is 8. The number of hydrogen-bond acceptors (Lipinski definition) is 9. The molecule has 8 aromatic carbocycles. The molecule has 0 saturated heterocycles. The maximum absolute atomic E-state index is 11.3. The summed E-state index contributed by atoms with van der Waals surface area (Å²) in [6, 6.07) is 66.2. The van der Waals surface area contributed by atoms with E-state index >= 15 is 0 Å². The number of fused-ring (bicyclic) bond motifs is 8. The van der Waals surface area contributed by atoms with Gasteiger partial charge in [-0.05, 0) is 196 Å². The Balaban J connectivity index is 0.000000166. The van der Waals surface area contributed by atoms with Crippen LogP contribution in [0.3, 0.4) is 0 Å². The fourth-order valence-corrected chi connectivity index (χ4v) is 16.0. The van der Waals surface area contributed by atoms with E-state index in [1.165, 1.54) is 126 Å². The van der Waals surface area contributed by atoms with Crippen LogP contribution >= 0.6 is 0 Å². The zero-order chi connectivity index (χ0) is 91.8. The average molecular weight is 1740 g/mol. The lowest BCUT2D eigenvalue weighted by Crippen LogP contribution is -2.01. The predicted molar refractivity (Wildman–Crippen MR) is 534 cm³/mol. The molecule has 0 saturated carbocycles. The van der Waals surface area contributed by atoms with Crippen LogP contribution in [0, 0.1) is 0 Å². The number of carbonyl (C=O) groups is 8. The third-order valence-corrected chi connectivity index (χ3v) is 23.8. The Labute approximate surface area is 761 Å². The van der Waals surface area contributed by atoms with Crippen LogP contribution in [0.1, 0.15) is 247 Å². The zero-order valence-corrected chi connectivity index (χ0v) is 77.1. The Hall–Kier alpha value is -12.6. The highest BCUT2D eigenvalue weighted by Gasteiger charge is 2.13. The standard InChI is InChI=1S/C14H17NO2.7C14H17NO/c16-9-8-12(17)5-3-4-11-10-15-14-7-2-1-6-13(11)14;7*1-2-12(16)7-5-6-11-10-15-14-9-4-3-8-13(11)14/h1-2,6-7,10,15-16H,3-5,8-9H2;7*3-4,8-10,15H,2,5-7H2,1H3. The molecular formula is C112H136N8O9. The van der Waals surface area contributed by atoms with Crippen LogP contribution in [0.25, 0.3) is 87.2 Å². The third kappa shape index (κ3) is 32.9. The summed E-state index contributed by atoms with van der Waals surface area (Å²) in [6.45, 7) is 13.4. The molecule has 0 aliphatic heterocycles. The van der Waals surface area contributed by atoms with Gasteiger partial charge in [0.15, 0.2) is 0 Å². The molecule has 678 valence electrons. The highest BCUT2D eigenvalue weighted by atomic mass is 16.3. The van der Waals surface area contributed by atoms with Crippen LogP contribution in [0.4, 0.5) is 0 Å². The van der Waals surface area contributed by atoms with Gasteiger partial charge in [-0.1, -0.05) is 194 Å². The quantitative estimate of drug-likeness (QED) is 0.0176. The van der Waals surface area contributed by atoms with E-state index < -0.39 is 0 Å². The summed E-state index contributed by atoms with van der Waals surface area (Å²) in [5.41, 5.74) is 19.9. The first-order valence-electron chi connectivity index (χ1n) is 47.1. The van der Waals surface area contributed by atoms with Crippen molar-refractivity contribution < 1.29 is 43.5 Å². The SMILES string of the molecule is CCC(=O)CCCc1c[nH]c2ccccc12.CCC(=O)CCCc1c[nH]c2ccccc12.CCC(=O)CCCc1c[nH]c2ccccc12.CCC(=O)CCCc1c[nH]c2ccccc12.CCC(=O)CCCc1c[nH]c2ccccc12.CCC(=O)CCCc1c[nH]c2ccccc12.CCC(=O)CCCc1c[nH]c2ccccc12.O=C(CCO)CCCc1c[nH]c2ccccc12. The Morgan fingerprint density at radius 2 is 0.310 bits per heavy atom. The van der Waals surface area contributed by atoms with Crippen molar-refractivity contribution in [2.75, 3.05) is 6.61 Å². The van der Waals surface area contributed by atoms with Crippen LogP contribution in [0.2, 0.25) is 0 Å². The molecule has 0 aliphatic rings. The van der Waals surface area contributed by atoms with Gasteiger partial charge in [-0.15, -0.1) is 0 Å². The molecule has 129 heavy (non-hydrogen) atoms. The fraction of sp³-hybridized carbons (Fsp3) is 0.357. The first kappa shape index (κ1) is 100. The van der Waals surface area contributed by atoms with Crippen molar-refractivity contribution in [2.24, 2.45) is 0 Å². The van der Waals surface area contributed by atoms with Crippen molar-refractivity contribution in [3.8, 4) is 0 Å². The van der Waals surface area contributed by atoms with Gasteiger partial charge in [-0.25, -0.2) is 0 Å². The van der Waals surface area contributed by atoms with E-state index in [1.807, 2.05) is 109 Å². The summed E-state index contributed by atoms with van der Waals surface area (Å²) < 4.78 is 0. The normalized spacial score (nSPS) is 10.8. The minimum atomic E-state index is -0.0358. The Bertz CT molecular complexity index is 5200. The van der Waals surface area contributed by atoms with Crippen LogP contribution in [0.15, 0.2) is 244 Å². The molecule has 9 N–H and O–H groups in total. The van der Waals surface area contributed by atoms with Gasteiger partial charge < -0.3 is 45.0 Å². The van der Waals surface area contributed by atoms with E-state index in [-0.39, 0.29) is 18.8 Å². The summed E-state index contributed by atoms with van der Waals surface area (Å²) in [7, 11) is 0. The van der Waals surface area contributed by atoms with Gasteiger partial charge >= 0.3 is 0 Å². The zero-order valence-electron chi connectivity index (χ0n) is 77.1. The second kappa shape index (κ2) is 55.9. The van der Waals surface area contributed by atoms with Gasteiger partial charge in [0.25, 0.3) is 0 Å². The molecule has 0 spiro atoms. The number of hydrogen-bond donors (Lipinski definition) is 9. The molecular weight excluding hydrogens is 1600 g/mol.